The molecule has 6 N–H and O–H groups in total. The Balaban J connectivity index is 2.23. The summed E-state index contributed by atoms with van der Waals surface area (Å²) in [7, 11) is -4.32. The van der Waals surface area contributed by atoms with E-state index >= 15 is 0 Å². The number of nitrogen functional groups attached to an aromatic ring is 1. The maximum Gasteiger partial charge on any atom is 0.350 e. The number of aromatic nitrogens is 4. The molecule has 122 valence electrons. The highest BCUT2D eigenvalue weighted by molar-refractivity contribution is 7.51. The predicted molar refractivity (Wildman–Crippen MR) is 76.0 cm³/mol. The van der Waals surface area contributed by atoms with Gasteiger partial charge in [-0.2, -0.15) is 4.98 Å². The summed E-state index contributed by atoms with van der Waals surface area (Å²) in [6.07, 6.45) is 0.0495. The molecule has 0 saturated carbocycles. The average molecular weight is 333 g/mol. The van der Waals surface area contributed by atoms with Crippen LogP contribution in [0.2, 0.25) is 0 Å². The molecule has 0 aromatic carbocycles. The van der Waals surface area contributed by atoms with Gasteiger partial charge in [0.2, 0.25) is 5.95 Å². The molecule has 2 heterocycles. The molecule has 2 aromatic heterocycles. The molecule has 2 rings (SSSR count). The number of rotatable bonds is 7. The van der Waals surface area contributed by atoms with E-state index < -0.39 is 25.6 Å². The van der Waals surface area contributed by atoms with Crippen molar-refractivity contribution in [1.82, 2.24) is 19.5 Å². The maximum absolute atomic E-state index is 11.7. The predicted octanol–water partition coefficient (Wildman–Crippen LogP) is -1.40. The van der Waals surface area contributed by atoms with Crippen LogP contribution in [0.1, 0.15) is 6.42 Å². The second kappa shape index (κ2) is 6.55. The molecule has 12 heteroatoms. The fourth-order valence-electron chi connectivity index (χ4n) is 1.90. The van der Waals surface area contributed by atoms with Crippen molar-refractivity contribution >= 4 is 24.7 Å². The molecular formula is C10H16N5O6P. The van der Waals surface area contributed by atoms with Gasteiger partial charge in [-0.1, -0.05) is 0 Å². The largest absolute Gasteiger partial charge is 0.396 e. The Labute approximate surface area is 123 Å². The molecule has 11 nitrogen and oxygen atoms in total. The first-order valence-electron chi connectivity index (χ1n) is 6.28. The van der Waals surface area contributed by atoms with Crippen LogP contribution in [0.25, 0.3) is 11.2 Å². The van der Waals surface area contributed by atoms with Gasteiger partial charge in [0.1, 0.15) is 6.35 Å². The summed E-state index contributed by atoms with van der Waals surface area (Å²) in [6, 6.07) is 0. The van der Waals surface area contributed by atoms with Crippen LogP contribution in [0.3, 0.4) is 0 Å². The van der Waals surface area contributed by atoms with E-state index in [1.165, 1.54) is 10.9 Å². The van der Waals surface area contributed by atoms with Crippen LogP contribution in [0.15, 0.2) is 11.1 Å². The minimum Gasteiger partial charge on any atom is -0.396 e. The summed E-state index contributed by atoms with van der Waals surface area (Å²) >= 11 is 0. The molecule has 0 unspecified atom stereocenters. The normalized spacial score (nSPS) is 13.6. The second-order valence-electron chi connectivity index (χ2n) is 4.62. The first kappa shape index (κ1) is 16.6. The molecule has 0 aliphatic rings. The van der Waals surface area contributed by atoms with Crippen molar-refractivity contribution in [3.8, 4) is 0 Å². The number of hydrogen-bond donors (Lipinski definition) is 5. The highest BCUT2D eigenvalue weighted by atomic mass is 31.2. The molecule has 0 bridgehead atoms. The van der Waals surface area contributed by atoms with Crippen molar-refractivity contribution < 1.29 is 24.2 Å². The average Bonchev–Trinajstić information content (AvgIpc) is 2.79. The van der Waals surface area contributed by atoms with Gasteiger partial charge in [-0.05, 0) is 6.42 Å². The molecular weight excluding hydrogens is 317 g/mol. The lowest BCUT2D eigenvalue weighted by molar-refractivity contribution is 0.0439. The molecule has 0 fully saturated rings. The number of aliphatic hydroxyl groups is 1. The molecule has 0 spiro atoms. The van der Waals surface area contributed by atoms with E-state index in [-0.39, 0.29) is 36.7 Å². The summed E-state index contributed by atoms with van der Waals surface area (Å²) in [5, 5.41) is 9.01. The van der Waals surface area contributed by atoms with Crippen LogP contribution in [-0.2, 0) is 15.8 Å². The Bertz CT molecular complexity index is 752. The van der Waals surface area contributed by atoms with Gasteiger partial charge in [0.15, 0.2) is 11.2 Å². The van der Waals surface area contributed by atoms with E-state index in [4.69, 9.17) is 25.4 Å². The number of fused-ring (bicyclic) bond motifs is 1. The van der Waals surface area contributed by atoms with Crippen LogP contribution in [0, 0.1) is 0 Å². The standard InChI is InChI=1S/C10H16N5O6P/c11-10-13-8-7(9(17)14-10)12-4-15(8)3-6(1-2-16)21-5-22(18,19)20/h4,6,16H,1-3,5H2,(H2,18,19,20)(H3,11,13,14,17)/t6-/m1/s1. The number of nitrogens with zero attached hydrogens (tertiary/aromatic N) is 3. The number of H-pyrrole nitrogens is 1. The number of ether oxygens (including phenoxy) is 1. The van der Waals surface area contributed by atoms with Crippen molar-refractivity contribution in [2.24, 2.45) is 0 Å². The Kier molecular flexibility index (Phi) is 4.94. The molecule has 0 radical (unpaired) electrons. The third-order valence-corrected chi connectivity index (χ3v) is 3.31. The van der Waals surface area contributed by atoms with Gasteiger partial charge >= 0.3 is 7.60 Å². The SMILES string of the molecule is Nc1nc2c(ncn2C[C@@H](CCO)OCP(=O)(O)O)c(=O)[nH]1. The zero-order valence-corrected chi connectivity index (χ0v) is 12.3. The molecule has 0 aliphatic heterocycles. The van der Waals surface area contributed by atoms with Crippen molar-refractivity contribution in [2.45, 2.75) is 19.1 Å². The summed E-state index contributed by atoms with van der Waals surface area (Å²) in [4.78, 5) is 39.5. The maximum atomic E-state index is 11.7. The van der Waals surface area contributed by atoms with E-state index in [0.29, 0.717) is 0 Å². The van der Waals surface area contributed by atoms with Crippen molar-refractivity contribution in [3.05, 3.63) is 16.7 Å². The van der Waals surface area contributed by atoms with Gasteiger partial charge in [-0.15, -0.1) is 0 Å². The first-order valence-corrected chi connectivity index (χ1v) is 8.07. The molecule has 2 aromatic rings. The number of nitrogens with two attached hydrogens (primary N) is 1. The smallest absolute Gasteiger partial charge is 0.350 e. The van der Waals surface area contributed by atoms with Gasteiger partial charge in [0, 0.05) is 6.61 Å². The van der Waals surface area contributed by atoms with Crippen molar-refractivity contribution in [3.63, 3.8) is 0 Å². The summed E-state index contributed by atoms with van der Waals surface area (Å²) in [6.45, 7) is -0.123. The van der Waals surface area contributed by atoms with Gasteiger partial charge in [-0.25, -0.2) is 4.98 Å². The molecule has 1 atom stereocenters. The topological polar surface area (TPSA) is 177 Å². The van der Waals surface area contributed by atoms with Gasteiger partial charge in [0.25, 0.3) is 5.56 Å². The monoisotopic (exact) mass is 333 g/mol. The van der Waals surface area contributed by atoms with Crippen molar-refractivity contribution in [2.75, 3.05) is 18.7 Å². The number of imidazole rings is 1. The van der Waals surface area contributed by atoms with E-state index in [2.05, 4.69) is 15.0 Å². The van der Waals surface area contributed by atoms with Crippen LogP contribution < -0.4 is 11.3 Å². The van der Waals surface area contributed by atoms with Gasteiger partial charge in [-0.3, -0.25) is 14.3 Å². The summed E-state index contributed by atoms with van der Waals surface area (Å²) < 4.78 is 17.4. The first-order chi connectivity index (χ1) is 10.3. The molecule has 0 saturated heterocycles. The Morgan fingerprint density at radius 2 is 2.23 bits per heavy atom. The number of aromatic amines is 1. The minimum absolute atomic E-state index is 0.0749. The highest BCUT2D eigenvalue weighted by Gasteiger charge is 2.19. The minimum atomic E-state index is -4.32. The fourth-order valence-corrected chi connectivity index (χ4v) is 2.30. The third-order valence-electron chi connectivity index (χ3n) is 2.82. The third kappa shape index (κ3) is 4.12. The molecule has 0 aliphatic carbocycles. The number of anilines is 1. The van der Waals surface area contributed by atoms with E-state index in [1.807, 2.05) is 0 Å². The quantitative estimate of drug-likeness (QED) is 0.381. The van der Waals surface area contributed by atoms with Crippen LogP contribution >= 0.6 is 7.60 Å². The molecule has 0 amide bonds. The zero-order chi connectivity index (χ0) is 16.3. The molecule has 22 heavy (non-hydrogen) atoms. The van der Waals surface area contributed by atoms with E-state index in [1.54, 1.807) is 0 Å². The van der Waals surface area contributed by atoms with Gasteiger partial charge < -0.3 is 29.9 Å². The van der Waals surface area contributed by atoms with Gasteiger partial charge in [0.05, 0.1) is 19.0 Å². The summed E-state index contributed by atoms with van der Waals surface area (Å²) in [5.74, 6) is -0.0749. The van der Waals surface area contributed by atoms with Crippen LogP contribution in [0.5, 0.6) is 0 Å². The number of hydrogen-bond acceptors (Lipinski definition) is 7. The van der Waals surface area contributed by atoms with Crippen LogP contribution in [0.4, 0.5) is 5.95 Å². The lowest BCUT2D eigenvalue weighted by Crippen LogP contribution is -2.22. The Morgan fingerprint density at radius 3 is 2.86 bits per heavy atom. The van der Waals surface area contributed by atoms with E-state index in [9.17, 15) is 9.36 Å². The highest BCUT2D eigenvalue weighted by Crippen LogP contribution is 2.34. The Hall–Kier alpha value is -1.78. The Morgan fingerprint density at radius 1 is 1.50 bits per heavy atom. The zero-order valence-electron chi connectivity index (χ0n) is 11.4. The number of aliphatic hydroxyl groups excluding tert-OH is 1. The lowest BCUT2D eigenvalue weighted by Gasteiger charge is -2.18. The second-order valence-corrected chi connectivity index (χ2v) is 6.20. The van der Waals surface area contributed by atoms with Crippen LogP contribution in [-0.4, -0.2) is 53.5 Å². The van der Waals surface area contributed by atoms with Crippen molar-refractivity contribution in [1.29, 1.82) is 0 Å². The summed E-state index contributed by atoms with van der Waals surface area (Å²) in [5.41, 5.74) is 5.30. The van der Waals surface area contributed by atoms with E-state index in [0.717, 1.165) is 0 Å². The fraction of sp³-hybridized carbons (Fsp3) is 0.500. The lowest BCUT2D eigenvalue weighted by atomic mass is 10.2. The number of nitrogens with one attached hydrogen (secondary N) is 1.